The van der Waals surface area contributed by atoms with Crippen molar-refractivity contribution in [1.29, 1.82) is 0 Å². The van der Waals surface area contributed by atoms with Crippen LogP contribution < -0.4 is 20.1 Å². The maximum Gasteiger partial charge on any atom is 0.411 e. The highest BCUT2D eigenvalue weighted by atomic mass is 32.2. The second kappa shape index (κ2) is 13.3. The van der Waals surface area contributed by atoms with Gasteiger partial charge in [0.2, 0.25) is 5.36 Å². The molecule has 0 spiro atoms. The highest BCUT2D eigenvalue weighted by molar-refractivity contribution is 7.85. The lowest BCUT2D eigenvalue weighted by Crippen LogP contribution is -2.29. The molecule has 0 saturated heterocycles. The number of likely N-dealkylation sites (N-methyl/N-ethyl adjacent to an activating group) is 1. The predicted octanol–water partition coefficient (Wildman–Crippen LogP) is 6.00. The average Bonchev–Trinajstić information content (AvgIpc) is 3.02. The van der Waals surface area contributed by atoms with E-state index >= 15 is 0 Å². The van der Waals surface area contributed by atoms with Gasteiger partial charge in [0.25, 0.3) is 0 Å². The van der Waals surface area contributed by atoms with Crippen molar-refractivity contribution in [3.05, 3.63) is 96.4 Å². The molecule has 2 aliphatic rings. The predicted molar refractivity (Wildman–Crippen MR) is 172 cm³/mol. The molecule has 3 aromatic rings. The number of benzene rings is 4. The van der Waals surface area contributed by atoms with Crippen molar-refractivity contribution in [2.45, 2.75) is 25.7 Å². The molecule has 0 saturated carbocycles. The minimum Gasteiger partial charge on any atom is -0.744 e. The average molecular weight is 614 g/mol. The first-order valence-electron chi connectivity index (χ1n) is 14.6. The number of para-hydroxylation sites is 1. The first-order valence-corrected chi connectivity index (χ1v) is 16.0. The molecular weight excluding hydrogens is 578 g/mol. The van der Waals surface area contributed by atoms with Gasteiger partial charge in [0.05, 0.1) is 17.5 Å². The molecule has 1 amide bonds. The SMILES string of the molecule is CCN(CCOC(=O)Nc1ccccc1)c1ccc2c(-c3ccccc3S(=O)(=O)[O-])c3ccc(=[N+](CC)CC)cc-3oc2c1. The molecule has 9 nitrogen and oxygen atoms in total. The molecule has 228 valence electrons. The third-order valence-electron chi connectivity index (χ3n) is 7.60. The van der Waals surface area contributed by atoms with Crippen molar-refractivity contribution in [1.82, 2.24) is 4.58 Å². The van der Waals surface area contributed by atoms with Crippen LogP contribution in [0.5, 0.6) is 0 Å². The fraction of sp³-hybridized carbons (Fsp3) is 0.235. The van der Waals surface area contributed by atoms with E-state index in [0.29, 0.717) is 52.2 Å². The van der Waals surface area contributed by atoms with Crippen LogP contribution >= 0.6 is 0 Å². The minimum atomic E-state index is -4.76. The van der Waals surface area contributed by atoms with Crippen LogP contribution in [-0.2, 0) is 14.9 Å². The third-order valence-corrected chi connectivity index (χ3v) is 8.50. The van der Waals surface area contributed by atoms with E-state index in [1.807, 2.05) is 61.5 Å². The van der Waals surface area contributed by atoms with Crippen molar-refractivity contribution in [3.8, 4) is 22.5 Å². The number of ether oxygens (including phenoxy) is 1. The van der Waals surface area contributed by atoms with Gasteiger partial charge in [-0.3, -0.25) is 5.32 Å². The largest absolute Gasteiger partial charge is 0.744 e. The quantitative estimate of drug-likeness (QED) is 0.117. The van der Waals surface area contributed by atoms with Crippen LogP contribution in [-0.4, -0.2) is 51.8 Å². The van der Waals surface area contributed by atoms with Crippen LogP contribution in [0.2, 0.25) is 0 Å². The number of hydrogen-bond acceptors (Lipinski definition) is 7. The minimum absolute atomic E-state index is 0.159. The number of carbonyl (C=O) groups excluding carboxylic acids is 1. The molecule has 0 atom stereocenters. The third kappa shape index (κ3) is 6.61. The van der Waals surface area contributed by atoms with Gasteiger partial charge < -0.3 is 18.6 Å². The summed E-state index contributed by atoms with van der Waals surface area (Å²) in [6.07, 6.45) is -0.534. The number of hydrogen-bond donors (Lipinski definition) is 1. The maximum atomic E-state index is 12.3. The van der Waals surface area contributed by atoms with E-state index in [0.717, 1.165) is 24.1 Å². The lowest BCUT2D eigenvalue weighted by molar-refractivity contribution is 0.164. The normalized spacial score (nSPS) is 11.5. The molecular formula is C34H35N3O6S. The zero-order valence-corrected chi connectivity index (χ0v) is 25.8. The van der Waals surface area contributed by atoms with E-state index < -0.39 is 16.2 Å². The molecule has 0 radical (unpaired) electrons. The topological polar surface area (TPSA) is 115 Å². The summed E-state index contributed by atoms with van der Waals surface area (Å²) in [7, 11) is -4.76. The van der Waals surface area contributed by atoms with Gasteiger partial charge in [-0.1, -0.05) is 36.4 Å². The van der Waals surface area contributed by atoms with Gasteiger partial charge in [-0.15, -0.1) is 0 Å². The highest BCUT2D eigenvalue weighted by Crippen LogP contribution is 2.42. The molecule has 0 aromatic heterocycles. The van der Waals surface area contributed by atoms with Crippen LogP contribution in [0, 0.1) is 0 Å². The summed E-state index contributed by atoms with van der Waals surface area (Å²) in [5.41, 5.74) is 3.65. The zero-order chi connectivity index (χ0) is 31.3. The van der Waals surface area contributed by atoms with Crippen molar-refractivity contribution in [2.24, 2.45) is 0 Å². The molecule has 3 aromatic carbocycles. The summed E-state index contributed by atoms with van der Waals surface area (Å²) in [5.74, 6) is 0.566. The van der Waals surface area contributed by atoms with E-state index in [4.69, 9.17) is 9.15 Å². The van der Waals surface area contributed by atoms with Gasteiger partial charge in [0, 0.05) is 52.1 Å². The highest BCUT2D eigenvalue weighted by Gasteiger charge is 2.22. The molecule has 0 fully saturated rings. The van der Waals surface area contributed by atoms with E-state index in [1.165, 1.54) is 6.07 Å². The number of amides is 1. The lowest BCUT2D eigenvalue weighted by Gasteiger charge is -2.24. The second-order valence-corrected chi connectivity index (χ2v) is 11.5. The number of nitrogens with zero attached hydrogens (tertiary/aromatic N) is 2. The van der Waals surface area contributed by atoms with Crippen LogP contribution in [0.25, 0.3) is 33.4 Å². The first kappa shape index (κ1) is 30.8. The van der Waals surface area contributed by atoms with Crippen molar-refractivity contribution in [3.63, 3.8) is 0 Å². The standard InChI is InChI=1S/C34H35N3O6S/c1-4-36(5-2)25-16-18-27-30(22-25)43-31-23-26(37(6-3)20-21-42-34(38)35-24-12-8-7-9-13-24)17-19-28(31)33(27)29-14-10-11-15-32(29)44(39,40)41/h7-19,22-23H,4-6,20-21H2,1-3H3,(H-,35,38,39,40,41). The Labute approximate surface area is 257 Å². The summed E-state index contributed by atoms with van der Waals surface area (Å²) in [6.45, 7) is 9.00. The van der Waals surface area contributed by atoms with E-state index in [9.17, 15) is 17.8 Å². The van der Waals surface area contributed by atoms with E-state index in [2.05, 4.69) is 28.6 Å². The van der Waals surface area contributed by atoms with Gasteiger partial charge in [-0.2, -0.15) is 0 Å². The molecule has 5 rings (SSSR count). The Morgan fingerprint density at radius 1 is 0.909 bits per heavy atom. The summed E-state index contributed by atoms with van der Waals surface area (Å²) in [5, 5.41) is 4.35. The smallest absolute Gasteiger partial charge is 0.411 e. The summed E-state index contributed by atoms with van der Waals surface area (Å²) >= 11 is 0. The summed E-state index contributed by atoms with van der Waals surface area (Å²) in [6, 6.07) is 26.9. The number of rotatable bonds is 10. The Morgan fingerprint density at radius 2 is 1.64 bits per heavy atom. The maximum absolute atomic E-state index is 12.3. The Hall–Kier alpha value is -4.67. The Balaban J connectivity index is 1.57. The fourth-order valence-corrected chi connectivity index (χ4v) is 6.11. The van der Waals surface area contributed by atoms with Crippen LogP contribution in [0.1, 0.15) is 20.8 Å². The monoisotopic (exact) mass is 613 g/mol. The Kier molecular flexibility index (Phi) is 9.32. The van der Waals surface area contributed by atoms with Gasteiger partial charge >= 0.3 is 6.09 Å². The van der Waals surface area contributed by atoms with Crippen molar-refractivity contribution < 1.29 is 26.9 Å². The van der Waals surface area contributed by atoms with E-state index in [-0.39, 0.29) is 11.5 Å². The zero-order valence-electron chi connectivity index (χ0n) is 24.9. The van der Waals surface area contributed by atoms with E-state index in [1.54, 1.807) is 30.3 Å². The molecule has 1 heterocycles. The first-order chi connectivity index (χ1) is 21.2. The summed E-state index contributed by atoms with van der Waals surface area (Å²) < 4.78 is 51.1. The fourth-order valence-electron chi connectivity index (χ4n) is 5.42. The lowest BCUT2D eigenvalue weighted by atomic mass is 9.93. The molecule has 10 heteroatoms. The molecule has 1 aliphatic carbocycles. The Morgan fingerprint density at radius 3 is 2.34 bits per heavy atom. The van der Waals surface area contributed by atoms with Crippen LogP contribution in [0.3, 0.4) is 0 Å². The molecule has 1 N–H and O–H groups in total. The molecule has 0 bridgehead atoms. The Bertz CT molecular complexity index is 1930. The van der Waals surface area contributed by atoms with Gasteiger partial charge in [0.1, 0.15) is 41.2 Å². The van der Waals surface area contributed by atoms with Gasteiger partial charge in [0.15, 0.2) is 0 Å². The van der Waals surface area contributed by atoms with Crippen molar-refractivity contribution >= 4 is 38.6 Å². The van der Waals surface area contributed by atoms with Gasteiger partial charge in [-0.25, -0.2) is 17.8 Å². The summed E-state index contributed by atoms with van der Waals surface area (Å²) in [4.78, 5) is 14.0. The van der Waals surface area contributed by atoms with Crippen LogP contribution in [0.4, 0.5) is 16.2 Å². The molecule has 0 unspecified atom stereocenters. The number of fused-ring (bicyclic) bond motifs is 2. The molecule has 1 aliphatic heterocycles. The van der Waals surface area contributed by atoms with Crippen molar-refractivity contribution in [2.75, 3.05) is 43.0 Å². The number of carbonyl (C=O) groups is 1. The molecule has 44 heavy (non-hydrogen) atoms. The number of anilines is 2. The van der Waals surface area contributed by atoms with Gasteiger partial charge in [-0.05, 0) is 57.2 Å². The second-order valence-electron chi connectivity index (χ2n) is 10.2. The van der Waals surface area contributed by atoms with Crippen LogP contribution in [0.15, 0.2) is 100 Å². The number of nitrogens with one attached hydrogen (secondary N) is 1.